The molecule has 2 aliphatic heterocycles. The zero-order valence-corrected chi connectivity index (χ0v) is 11.0. The van der Waals surface area contributed by atoms with Crippen LogP contribution >= 0.6 is 0 Å². The minimum atomic E-state index is -0.780. The van der Waals surface area contributed by atoms with Gasteiger partial charge in [0.15, 0.2) is 0 Å². The predicted octanol–water partition coefficient (Wildman–Crippen LogP) is 1.93. The van der Waals surface area contributed by atoms with Gasteiger partial charge in [0.2, 0.25) is 0 Å². The van der Waals surface area contributed by atoms with Crippen molar-refractivity contribution in [2.45, 2.75) is 19.3 Å². The van der Waals surface area contributed by atoms with Crippen LogP contribution in [0.15, 0.2) is 24.3 Å². The second-order valence-electron chi connectivity index (χ2n) is 5.71. The molecule has 0 aliphatic carbocycles. The first-order valence-corrected chi connectivity index (χ1v) is 6.80. The molecule has 102 valence electrons. The summed E-state index contributed by atoms with van der Waals surface area (Å²) >= 11 is 0. The summed E-state index contributed by atoms with van der Waals surface area (Å²) in [5, 5.41) is 8.75. The van der Waals surface area contributed by atoms with E-state index in [4.69, 9.17) is 9.84 Å². The van der Waals surface area contributed by atoms with Crippen molar-refractivity contribution in [3.8, 4) is 0 Å². The van der Waals surface area contributed by atoms with Gasteiger partial charge >= 0.3 is 5.97 Å². The minimum absolute atomic E-state index is 0.0988. The molecule has 1 N–H and O–H groups in total. The van der Waals surface area contributed by atoms with E-state index >= 15 is 0 Å². The Morgan fingerprint density at radius 3 is 2.42 bits per heavy atom. The minimum Gasteiger partial charge on any atom is -0.481 e. The molecule has 2 heterocycles. The van der Waals surface area contributed by atoms with Crippen molar-refractivity contribution in [3.05, 3.63) is 29.8 Å². The summed E-state index contributed by atoms with van der Waals surface area (Å²) in [4.78, 5) is 13.0. The summed E-state index contributed by atoms with van der Waals surface area (Å²) < 4.78 is 5.42. The normalized spacial score (nSPS) is 21.2. The topological polar surface area (TPSA) is 49.8 Å². The van der Waals surface area contributed by atoms with Crippen LogP contribution in [0.25, 0.3) is 0 Å². The maximum Gasteiger partial charge on any atom is 0.307 e. The highest BCUT2D eigenvalue weighted by Crippen LogP contribution is 2.41. The highest BCUT2D eigenvalue weighted by atomic mass is 16.5. The van der Waals surface area contributed by atoms with Gasteiger partial charge in [-0.05, 0) is 30.5 Å². The van der Waals surface area contributed by atoms with E-state index < -0.39 is 5.97 Å². The van der Waals surface area contributed by atoms with Crippen LogP contribution in [-0.2, 0) is 16.0 Å². The first kappa shape index (κ1) is 12.5. The van der Waals surface area contributed by atoms with Gasteiger partial charge in [0, 0.05) is 37.4 Å². The van der Waals surface area contributed by atoms with Crippen LogP contribution in [0.1, 0.15) is 18.4 Å². The molecular formula is C15H19NO3. The smallest absolute Gasteiger partial charge is 0.307 e. The fraction of sp³-hybridized carbons (Fsp3) is 0.533. The second-order valence-corrected chi connectivity index (χ2v) is 5.71. The number of hydrogen-bond donors (Lipinski definition) is 1. The molecule has 4 heteroatoms. The average Bonchev–Trinajstić information content (AvgIpc) is 2.37. The quantitative estimate of drug-likeness (QED) is 0.903. The summed E-state index contributed by atoms with van der Waals surface area (Å²) in [5.74, 6) is -0.780. The van der Waals surface area contributed by atoms with Gasteiger partial charge in [-0.25, -0.2) is 0 Å². The summed E-state index contributed by atoms with van der Waals surface area (Å²) in [7, 11) is 0. The molecule has 0 radical (unpaired) electrons. The van der Waals surface area contributed by atoms with Crippen LogP contribution < -0.4 is 4.90 Å². The summed E-state index contributed by atoms with van der Waals surface area (Å²) in [5.41, 5.74) is 2.53. The van der Waals surface area contributed by atoms with E-state index in [2.05, 4.69) is 4.90 Å². The molecule has 1 aromatic carbocycles. The number of rotatable bonds is 3. The van der Waals surface area contributed by atoms with Crippen LogP contribution in [0.5, 0.6) is 0 Å². The standard InChI is InChI=1S/C15H19NO3/c17-14(18)9-12-1-3-13(4-2-12)16-10-15(11-16)5-7-19-8-6-15/h1-4H,5-11H2,(H,17,18). The van der Waals surface area contributed by atoms with Crippen LogP contribution in [0.2, 0.25) is 0 Å². The Hall–Kier alpha value is -1.55. The average molecular weight is 261 g/mol. The SMILES string of the molecule is O=C(O)Cc1ccc(N2CC3(CCOCC3)C2)cc1. The summed E-state index contributed by atoms with van der Waals surface area (Å²) in [6, 6.07) is 7.89. The van der Waals surface area contributed by atoms with E-state index in [1.165, 1.54) is 18.5 Å². The Kier molecular flexibility index (Phi) is 3.19. The molecule has 0 unspecified atom stereocenters. The number of ether oxygens (including phenoxy) is 1. The highest BCUT2D eigenvalue weighted by molar-refractivity contribution is 5.70. The third-order valence-corrected chi connectivity index (χ3v) is 4.26. The van der Waals surface area contributed by atoms with Crippen LogP contribution in [0.4, 0.5) is 5.69 Å². The van der Waals surface area contributed by atoms with Crippen LogP contribution in [0, 0.1) is 5.41 Å². The van der Waals surface area contributed by atoms with Crippen molar-refractivity contribution in [1.29, 1.82) is 0 Å². The van der Waals surface area contributed by atoms with Crippen molar-refractivity contribution in [2.24, 2.45) is 5.41 Å². The first-order valence-electron chi connectivity index (χ1n) is 6.80. The Morgan fingerprint density at radius 1 is 1.21 bits per heavy atom. The lowest BCUT2D eigenvalue weighted by atomic mass is 9.73. The van der Waals surface area contributed by atoms with E-state index in [1.807, 2.05) is 24.3 Å². The summed E-state index contributed by atoms with van der Waals surface area (Å²) in [6.07, 6.45) is 2.43. The van der Waals surface area contributed by atoms with Gasteiger partial charge in [-0.3, -0.25) is 4.79 Å². The predicted molar refractivity (Wildman–Crippen MR) is 72.5 cm³/mol. The van der Waals surface area contributed by atoms with E-state index in [-0.39, 0.29) is 6.42 Å². The second kappa shape index (κ2) is 4.85. The van der Waals surface area contributed by atoms with Gasteiger partial charge in [0.1, 0.15) is 0 Å². The molecule has 1 spiro atoms. The largest absolute Gasteiger partial charge is 0.481 e. The van der Waals surface area contributed by atoms with Gasteiger partial charge in [-0.1, -0.05) is 12.1 Å². The molecule has 2 fully saturated rings. The molecule has 19 heavy (non-hydrogen) atoms. The summed E-state index contributed by atoms with van der Waals surface area (Å²) in [6.45, 7) is 4.00. The van der Waals surface area contributed by atoms with Gasteiger partial charge < -0.3 is 14.7 Å². The molecule has 0 atom stereocenters. The molecule has 0 amide bonds. The Balaban J connectivity index is 1.60. The lowest BCUT2D eigenvalue weighted by Crippen LogP contribution is -2.58. The number of carboxylic acids is 1. The van der Waals surface area contributed by atoms with Crippen molar-refractivity contribution >= 4 is 11.7 Å². The van der Waals surface area contributed by atoms with E-state index in [1.54, 1.807) is 0 Å². The Labute approximate surface area is 113 Å². The lowest BCUT2D eigenvalue weighted by molar-refractivity contribution is -0.136. The van der Waals surface area contributed by atoms with E-state index in [0.29, 0.717) is 5.41 Å². The monoisotopic (exact) mass is 261 g/mol. The number of anilines is 1. The number of hydrogen-bond acceptors (Lipinski definition) is 3. The Bertz CT molecular complexity index is 455. The van der Waals surface area contributed by atoms with Gasteiger partial charge in [-0.15, -0.1) is 0 Å². The van der Waals surface area contributed by atoms with E-state index in [0.717, 1.165) is 31.9 Å². The molecule has 3 rings (SSSR count). The van der Waals surface area contributed by atoms with Gasteiger partial charge in [-0.2, -0.15) is 0 Å². The van der Waals surface area contributed by atoms with Crippen molar-refractivity contribution in [1.82, 2.24) is 0 Å². The lowest BCUT2D eigenvalue weighted by Gasteiger charge is -2.53. The molecule has 0 saturated carbocycles. The fourth-order valence-electron chi connectivity index (χ4n) is 3.07. The maximum absolute atomic E-state index is 10.6. The molecule has 0 aromatic heterocycles. The number of nitrogens with zero attached hydrogens (tertiary/aromatic N) is 1. The Morgan fingerprint density at radius 2 is 1.84 bits per heavy atom. The molecule has 1 aromatic rings. The van der Waals surface area contributed by atoms with Crippen molar-refractivity contribution in [2.75, 3.05) is 31.2 Å². The fourth-order valence-corrected chi connectivity index (χ4v) is 3.07. The molecule has 4 nitrogen and oxygen atoms in total. The van der Waals surface area contributed by atoms with Gasteiger partial charge in [0.25, 0.3) is 0 Å². The third kappa shape index (κ3) is 2.59. The van der Waals surface area contributed by atoms with E-state index in [9.17, 15) is 4.79 Å². The highest BCUT2D eigenvalue weighted by Gasteiger charge is 2.43. The molecular weight excluding hydrogens is 242 g/mol. The number of carboxylic acid groups (broad SMARTS) is 1. The number of aliphatic carboxylic acids is 1. The van der Waals surface area contributed by atoms with Crippen molar-refractivity contribution < 1.29 is 14.6 Å². The maximum atomic E-state index is 10.6. The molecule has 0 bridgehead atoms. The van der Waals surface area contributed by atoms with Crippen LogP contribution in [-0.4, -0.2) is 37.4 Å². The molecule has 2 saturated heterocycles. The van der Waals surface area contributed by atoms with Crippen molar-refractivity contribution in [3.63, 3.8) is 0 Å². The van der Waals surface area contributed by atoms with Crippen LogP contribution in [0.3, 0.4) is 0 Å². The zero-order chi connectivity index (χ0) is 13.3. The number of carbonyl (C=O) groups is 1. The van der Waals surface area contributed by atoms with Gasteiger partial charge in [0.05, 0.1) is 6.42 Å². The third-order valence-electron chi connectivity index (χ3n) is 4.26. The zero-order valence-electron chi connectivity index (χ0n) is 11.0. The molecule has 2 aliphatic rings. The number of benzene rings is 1. The first-order chi connectivity index (χ1) is 9.17.